The van der Waals surface area contributed by atoms with Crippen molar-refractivity contribution in [3.8, 4) is 0 Å². The number of guanidine groups is 1. The molecular weight excluding hydrogens is 775 g/mol. The van der Waals surface area contributed by atoms with Crippen molar-refractivity contribution in [2.24, 2.45) is 27.9 Å². The van der Waals surface area contributed by atoms with Crippen LogP contribution in [0.15, 0.2) is 4.99 Å². The second kappa shape index (κ2) is 26.1. The lowest BCUT2D eigenvalue weighted by Gasteiger charge is -2.34. The lowest BCUT2D eigenvalue weighted by atomic mass is 10.0. The number of aliphatic hydroxyl groups excluding tert-OH is 2. The summed E-state index contributed by atoms with van der Waals surface area (Å²) < 4.78 is 0. The largest absolute Gasteiger partial charge is 0.480 e. The lowest BCUT2D eigenvalue weighted by Crippen LogP contribution is -2.60. The highest BCUT2D eigenvalue weighted by Gasteiger charge is 2.44. The van der Waals surface area contributed by atoms with Crippen molar-refractivity contribution < 1.29 is 48.9 Å². The topological polar surface area (TPSA) is 351 Å². The van der Waals surface area contributed by atoms with E-state index in [4.69, 9.17) is 28.0 Å². The van der Waals surface area contributed by atoms with Gasteiger partial charge in [-0.25, -0.2) is 4.79 Å². The number of nitrogens with one attached hydrogen (secondary N) is 4. The molecular formula is C33H61N11O10S2. The van der Waals surface area contributed by atoms with Crippen LogP contribution in [-0.2, 0) is 33.6 Å². The minimum Gasteiger partial charge on any atom is -0.480 e. The van der Waals surface area contributed by atoms with Gasteiger partial charge in [-0.05, 0) is 71.3 Å². The second-order valence-electron chi connectivity index (χ2n) is 13.3. The van der Waals surface area contributed by atoms with Crippen LogP contribution in [-0.4, -0.2) is 166 Å². The van der Waals surface area contributed by atoms with Gasteiger partial charge in [-0.15, -0.1) is 0 Å². The van der Waals surface area contributed by atoms with E-state index in [1.165, 1.54) is 16.7 Å². The number of amides is 6. The number of carbonyl (C=O) groups excluding carboxylic acids is 6. The molecule has 2 saturated heterocycles. The van der Waals surface area contributed by atoms with E-state index in [1.54, 1.807) is 0 Å². The van der Waals surface area contributed by atoms with Gasteiger partial charge in [-0.1, -0.05) is 0 Å². The molecule has 23 heteroatoms. The number of carbonyl (C=O) groups is 7. The summed E-state index contributed by atoms with van der Waals surface area (Å²) in [5.41, 5.74) is 22.1. The highest BCUT2D eigenvalue weighted by Crippen LogP contribution is 2.26. The predicted octanol–water partition coefficient (Wildman–Crippen LogP) is -4.65. The third kappa shape index (κ3) is 15.6. The van der Waals surface area contributed by atoms with Gasteiger partial charge in [0.15, 0.2) is 5.96 Å². The highest BCUT2D eigenvalue weighted by atomic mass is 32.1. The van der Waals surface area contributed by atoms with Crippen LogP contribution in [0.3, 0.4) is 0 Å². The standard InChI is InChI=1S/C32H57N11O9S2.CH4O/c1-17(44)24(41-25(45)18(34)15-53)28(48)39-20(7-2-3-11-33)29(49)43-14-6-10-23(43)30(50)42-13-5-9-22(42)27(47)38-19(8-4-12-37-32(35)36)26(46)40-21(16-54)31(51)52;1-2/h17-24,44,53-54H,2-16,33-34H2,1H3,(H,38,47)(H,39,48)(H,40,46)(H,41,45)(H,51,52)(H4,35,36,37);2H,1H3/t17-,18+,19-,20+,21-,22+,23+,24-;/m1./s1. The molecule has 2 aliphatic rings. The van der Waals surface area contributed by atoms with E-state index in [0.717, 1.165) is 7.11 Å². The normalized spacial score (nSPS) is 19.5. The van der Waals surface area contributed by atoms with Crippen LogP contribution in [0.4, 0.5) is 0 Å². The average Bonchev–Trinajstić information content (AvgIpc) is 3.87. The third-order valence-electron chi connectivity index (χ3n) is 9.19. The summed E-state index contributed by atoms with van der Waals surface area (Å²) in [6, 6.07) is -8.04. The van der Waals surface area contributed by atoms with Crippen molar-refractivity contribution in [3.05, 3.63) is 0 Å². The number of carboxylic acids is 1. The Bertz CT molecular complexity index is 1360. The zero-order valence-electron chi connectivity index (χ0n) is 32.0. The van der Waals surface area contributed by atoms with Crippen LogP contribution < -0.4 is 44.2 Å². The second-order valence-corrected chi connectivity index (χ2v) is 14.1. The fourth-order valence-corrected chi connectivity index (χ4v) is 6.65. The van der Waals surface area contributed by atoms with Crippen LogP contribution in [0.1, 0.15) is 64.7 Å². The Morgan fingerprint density at radius 2 is 1.38 bits per heavy atom. The zero-order chi connectivity index (χ0) is 42.5. The molecule has 0 aromatic carbocycles. The summed E-state index contributed by atoms with van der Waals surface area (Å²) >= 11 is 7.96. The Morgan fingerprint density at radius 1 is 0.786 bits per heavy atom. The molecule has 8 atom stereocenters. The summed E-state index contributed by atoms with van der Waals surface area (Å²) in [4.78, 5) is 98.9. The molecule has 2 rings (SSSR count). The number of nitrogens with two attached hydrogens (primary N) is 4. The first-order valence-electron chi connectivity index (χ1n) is 18.5. The van der Waals surface area contributed by atoms with Gasteiger partial charge in [-0.2, -0.15) is 25.3 Å². The van der Waals surface area contributed by atoms with Crippen LogP contribution in [0, 0.1) is 0 Å². The molecule has 0 aromatic heterocycles. The maximum atomic E-state index is 14.1. The number of aliphatic imine (C=N–C) groups is 1. The third-order valence-corrected chi connectivity index (χ3v) is 9.95. The number of hydrogen-bond donors (Lipinski definition) is 13. The predicted molar refractivity (Wildman–Crippen MR) is 213 cm³/mol. The molecule has 21 nitrogen and oxygen atoms in total. The lowest BCUT2D eigenvalue weighted by molar-refractivity contribution is -0.148. The molecule has 0 unspecified atom stereocenters. The smallest absolute Gasteiger partial charge is 0.327 e. The summed E-state index contributed by atoms with van der Waals surface area (Å²) in [6.45, 7) is 2.18. The summed E-state index contributed by atoms with van der Waals surface area (Å²) in [7, 11) is 1.00. The molecule has 2 fully saturated rings. The van der Waals surface area contributed by atoms with Crippen molar-refractivity contribution >= 4 is 72.6 Å². The van der Waals surface area contributed by atoms with Crippen molar-refractivity contribution in [1.29, 1.82) is 0 Å². The Kier molecular flexibility index (Phi) is 23.4. The SMILES string of the molecule is CO.C[C@@H](O)[C@@H](NC(=O)[C@@H](N)CS)C(=O)N[C@@H](CCCCN)C(=O)N1CCC[C@H]1C(=O)N1CCC[C@H]1C(=O)N[C@H](CCCN=C(N)N)C(=O)N[C@H](CS)C(=O)O. The Labute approximate surface area is 337 Å². The van der Waals surface area contributed by atoms with Crippen molar-refractivity contribution in [1.82, 2.24) is 31.1 Å². The number of nitrogens with zero attached hydrogens (tertiary/aromatic N) is 3. The molecule has 0 bridgehead atoms. The van der Waals surface area contributed by atoms with E-state index in [2.05, 4.69) is 51.5 Å². The molecule has 56 heavy (non-hydrogen) atoms. The Morgan fingerprint density at radius 3 is 1.93 bits per heavy atom. The number of carboxylic acid groups (broad SMARTS) is 1. The molecule has 0 aliphatic carbocycles. The number of thiol groups is 2. The van der Waals surface area contributed by atoms with Crippen LogP contribution in [0.5, 0.6) is 0 Å². The van der Waals surface area contributed by atoms with E-state index in [0.29, 0.717) is 38.6 Å². The summed E-state index contributed by atoms with van der Waals surface area (Å²) in [5.74, 6) is -5.63. The fraction of sp³-hybridized carbons (Fsp3) is 0.758. The van der Waals surface area contributed by atoms with E-state index in [-0.39, 0.29) is 62.8 Å². The van der Waals surface area contributed by atoms with E-state index >= 15 is 0 Å². The minimum absolute atomic E-state index is 0.00959. The molecule has 0 saturated carbocycles. The maximum absolute atomic E-state index is 14.1. The van der Waals surface area contributed by atoms with Gasteiger partial charge < -0.3 is 69.3 Å². The molecule has 15 N–H and O–H groups in total. The molecule has 6 amide bonds. The Hall–Kier alpha value is -3.90. The van der Waals surface area contributed by atoms with Crippen molar-refractivity contribution in [2.45, 2.75) is 113 Å². The molecule has 0 spiro atoms. The van der Waals surface area contributed by atoms with Crippen LogP contribution in [0.25, 0.3) is 0 Å². The first-order valence-corrected chi connectivity index (χ1v) is 19.7. The number of aliphatic hydroxyl groups is 2. The zero-order valence-corrected chi connectivity index (χ0v) is 33.8. The average molecular weight is 836 g/mol. The molecule has 0 aromatic rings. The van der Waals surface area contributed by atoms with Crippen LogP contribution in [0.2, 0.25) is 0 Å². The minimum atomic E-state index is -1.43. The summed E-state index contributed by atoms with van der Waals surface area (Å²) in [6.07, 6.45) is 1.63. The van der Waals surface area contributed by atoms with E-state index in [1.807, 2.05) is 0 Å². The summed E-state index contributed by atoms with van der Waals surface area (Å²) in [5, 5.41) is 36.8. The quantitative estimate of drug-likeness (QED) is 0.0211. The molecule has 0 radical (unpaired) electrons. The number of aliphatic carboxylic acids is 1. The number of unbranched alkanes of at least 4 members (excludes halogenated alkanes) is 1. The first-order chi connectivity index (χ1) is 26.6. The van der Waals surface area contributed by atoms with Gasteiger partial charge >= 0.3 is 5.97 Å². The fourth-order valence-electron chi connectivity index (χ4n) is 6.24. The van der Waals surface area contributed by atoms with Gasteiger partial charge in [0.2, 0.25) is 35.4 Å². The van der Waals surface area contributed by atoms with Crippen LogP contribution >= 0.6 is 25.3 Å². The van der Waals surface area contributed by atoms with Crippen molar-refractivity contribution in [2.75, 3.05) is 44.8 Å². The van der Waals surface area contributed by atoms with Gasteiger partial charge in [0.05, 0.1) is 12.1 Å². The highest BCUT2D eigenvalue weighted by molar-refractivity contribution is 7.80. The van der Waals surface area contributed by atoms with Gasteiger partial charge in [-0.3, -0.25) is 33.8 Å². The molecule has 2 heterocycles. The monoisotopic (exact) mass is 835 g/mol. The Balaban J connectivity index is 0.00000771. The molecule has 320 valence electrons. The first kappa shape index (κ1) is 50.1. The van der Waals surface area contributed by atoms with E-state index < -0.39 is 89.8 Å². The van der Waals surface area contributed by atoms with Crippen molar-refractivity contribution in [3.63, 3.8) is 0 Å². The number of hydrogen-bond acceptors (Lipinski definition) is 14. The van der Waals surface area contributed by atoms with Gasteiger partial charge in [0.25, 0.3) is 0 Å². The number of likely N-dealkylation sites (tertiary alicyclic amines) is 2. The van der Waals surface area contributed by atoms with Gasteiger partial charge in [0.1, 0.15) is 36.3 Å². The number of rotatable bonds is 22. The van der Waals surface area contributed by atoms with E-state index in [9.17, 15) is 43.8 Å². The maximum Gasteiger partial charge on any atom is 0.327 e. The molecule has 2 aliphatic heterocycles. The van der Waals surface area contributed by atoms with Gasteiger partial charge in [0, 0.05) is 38.2 Å².